The highest BCUT2D eigenvalue weighted by Crippen LogP contribution is 2.17. The molecule has 2 rings (SSSR count). The molecule has 0 aliphatic rings. The molecule has 0 heterocycles. The molecule has 0 saturated heterocycles. The molecule has 0 bridgehead atoms. The highest BCUT2D eigenvalue weighted by molar-refractivity contribution is 7.80. The van der Waals surface area contributed by atoms with Crippen molar-refractivity contribution in [1.29, 1.82) is 0 Å². The maximum absolute atomic E-state index is 12.0. The number of nitrogens with one attached hydrogen (secondary N) is 2. The van der Waals surface area contributed by atoms with Gasteiger partial charge in [0.2, 0.25) is 5.91 Å². The van der Waals surface area contributed by atoms with Crippen LogP contribution in [-0.2, 0) is 9.53 Å². The lowest BCUT2D eigenvalue weighted by atomic mass is 10.2. The first kappa shape index (κ1) is 20.4. The molecule has 142 valence electrons. The summed E-state index contributed by atoms with van der Waals surface area (Å²) in [5, 5.41) is 5.76. The van der Waals surface area contributed by atoms with Gasteiger partial charge in [0.1, 0.15) is 18.1 Å². The number of benzene rings is 2. The minimum atomic E-state index is -0.323. The fourth-order valence-corrected chi connectivity index (χ4v) is 2.33. The Kier molecular flexibility index (Phi) is 8.28. The molecule has 0 aliphatic heterocycles. The molecule has 2 aromatic rings. The van der Waals surface area contributed by atoms with Crippen molar-refractivity contribution in [3.8, 4) is 11.5 Å². The van der Waals surface area contributed by atoms with Gasteiger partial charge in [0, 0.05) is 24.9 Å². The van der Waals surface area contributed by atoms with Crippen LogP contribution in [0.5, 0.6) is 11.5 Å². The lowest BCUT2D eigenvalue weighted by molar-refractivity contribution is -0.115. The summed E-state index contributed by atoms with van der Waals surface area (Å²) in [6.45, 7) is 0.962. The van der Waals surface area contributed by atoms with Crippen molar-refractivity contribution in [3.63, 3.8) is 0 Å². The molecule has 0 atom stereocenters. The van der Waals surface area contributed by atoms with E-state index >= 15 is 0 Å². The van der Waals surface area contributed by atoms with Gasteiger partial charge in [-0.3, -0.25) is 10.1 Å². The van der Waals surface area contributed by atoms with Crippen LogP contribution in [0.4, 0.5) is 5.69 Å². The Morgan fingerprint density at radius 1 is 1.07 bits per heavy atom. The Balaban J connectivity index is 1.84. The van der Waals surface area contributed by atoms with Gasteiger partial charge in [0.15, 0.2) is 5.11 Å². The van der Waals surface area contributed by atoms with Crippen LogP contribution in [0.25, 0.3) is 6.08 Å². The fraction of sp³-hybridized carbons (Fsp3) is 0.200. The highest BCUT2D eigenvalue weighted by Gasteiger charge is 2.03. The van der Waals surface area contributed by atoms with Crippen LogP contribution in [0.1, 0.15) is 5.56 Å². The molecule has 0 aromatic heterocycles. The van der Waals surface area contributed by atoms with Crippen LogP contribution in [0.2, 0.25) is 0 Å². The molecule has 0 spiro atoms. The van der Waals surface area contributed by atoms with E-state index in [1.807, 2.05) is 42.5 Å². The van der Waals surface area contributed by atoms with Crippen molar-refractivity contribution < 1.29 is 19.0 Å². The second-order valence-electron chi connectivity index (χ2n) is 5.42. The molecule has 7 heteroatoms. The minimum absolute atomic E-state index is 0.202. The van der Waals surface area contributed by atoms with Crippen molar-refractivity contribution in [2.75, 3.05) is 32.8 Å². The highest BCUT2D eigenvalue weighted by atomic mass is 32.1. The molecule has 1 amide bonds. The van der Waals surface area contributed by atoms with Crippen LogP contribution in [0.15, 0.2) is 54.6 Å². The molecule has 0 fully saturated rings. The Bertz CT molecular complexity index is 791. The molecule has 6 nitrogen and oxygen atoms in total. The van der Waals surface area contributed by atoms with E-state index in [9.17, 15) is 4.79 Å². The van der Waals surface area contributed by atoms with Gasteiger partial charge in [0.25, 0.3) is 0 Å². The van der Waals surface area contributed by atoms with Gasteiger partial charge in [0.05, 0.1) is 13.7 Å². The quantitative estimate of drug-likeness (QED) is 0.412. The van der Waals surface area contributed by atoms with E-state index in [1.165, 1.54) is 6.08 Å². The number of carbonyl (C=O) groups excluding carboxylic acids is 1. The number of methoxy groups -OCH3 is 2. The average Bonchev–Trinajstić information content (AvgIpc) is 2.67. The first-order valence-corrected chi connectivity index (χ1v) is 8.67. The molecule has 0 aliphatic carbocycles. The lowest BCUT2D eigenvalue weighted by Gasteiger charge is -2.10. The Hall–Kier alpha value is -2.90. The van der Waals surface area contributed by atoms with Crippen molar-refractivity contribution in [3.05, 3.63) is 60.2 Å². The maximum atomic E-state index is 12.0. The first-order valence-electron chi connectivity index (χ1n) is 8.26. The summed E-state index contributed by atoms with van der Waals surface area (Å²) in [6, 6.07) is 14.6. The van der Waals surface area contributed by atoms with Crippen LogP contribution in [0, 0.1) is 0 Å². The largest absolute Gasteiger partial charge is 0.497 e. The summed E-state index contributed by atoms with van der Waals surface area (Å²) in [7, 11) is 3.22. The number of carbonyl (C=O) groups is 1. The molecule has 0 unspecified atom stereocenters. The molecule has 2 N–H and O–H groups in total. The molecule has 27 heavy (non-hydrogen) atoms. The molecule has 0 radical (unpaired) electrons. The number of ether oxygens (including phenoxy) is 3. The molecular weight excluding hydrogens is 364 g/mol. The average molecular weight is 386 g/mol. The van der Waals surface area contributed by atoms with E-state index in [2.05, 4.69) is 10.6 Å². The predicted molar refractivity (Wildman–Crippen MR) is 110 cm³/mol. The van der Waals surface area contributed by atoms with Gasteiger partial charge in [-0.1, -0.05) is 18.2 Å². The van der Waals surface area contributed by atoms with Crippen molar-refractivity contribution in [1.82, 2.24) is 5.32 Å². The smallest absolute Gasteiger partial charge is 0.250 e. The Morgan fingerprint density at radius 2 is 1.85 bits per heavy atom. The van der Waals surface area contributed by atoms with Crippen LogP contribution < -0.4 is 20.1 Å². The summed E-state index contributed by atoms with van der Waals surface area (Å²) >= 11 is 5.17. The van der Waals surface area contributed by atoms with Gasteiger partial charge >= 0.3 is 0 Å². The predicted octanol–water partition coefficient (Wildman–Crippen LogP) is 3.25. The third kappa shape index (κ3) is 7.47. The van der Waals surface area contributed by atoms with E-state index in [0.29, 0.717) is 24.7 Å². The summed E-state index contributed by atoms with van der Waals surface area (Å²) in [5.74, 6) is 1.12. The summed E-state index contributed by atoms with van der Waals surface area (Å²) in [5.41, 5.74) is 1.60. The number of anilines is 1. The topological polar surface area (TPSA) is 68.8 Å². The Morgan fingerprint density at radius 3 is 2.56 bits per heavy atom. The minimum Gasteiger partial charge on any atom is -0.497 e. The molecular formula is C20H22N2O4S. The zero-order valence-electron chi connectivity index (χ0n) is 15.2. The zero-order valence-corrected chi connectivity index (χ0v) is 16.0. The first-order chi connectivity index (χ1) is 13.1. The monoisotopic (exact) mass is 386 g/mol. The van der Waals surface area contributed by atoms with Crippen molar-refractivity contribution in [2.45, 2.75) is 0 Å². The number of hydrogen-bond acceptors (Lipinski definition) is 5. The van der Waals surface area contributed by atoms with E-state index < -0.39 is 0 Å². The van der Waals surface area contributed by atoms with Crippen LogP contribution >= 0.6 is 12.2 Å². The number of amides is 1. The zero-order chi connectivity index (χ0) is 19.5. The maximum Gasteiger partial charge on any atom is 0.250 e. The van der Waals surface area contributed by atoms with Gasteiger partial charge in [-0.2, -0.15) is 0 Å². The summed E-state index contributed by atoms with van der Waals surface area (Å²) in [6.07, 6.45) is 3.11. The van der Waals surface area contributed by atoms with Crippen LogP contribution in [-0.4, -0.2) is 38.5 Å². The van der Waals surface area contributed by atoms with E-state index in [4.69, 9.17) is 26.4 Å². The molecule has 2 aromatic carbocycles. The third-order valence-electron chi connectivity index (χ3n) is 3.43. The normalized spacial score (nSPS) is 10.4. The van der Waals surface area contributed by atoms with Crippen molar-refractivity contribution in [2.24, 2.45) is 0 Å². The Labute approximate surface area is 164 Å². The lowest BCUT2D eigenvalue weighted by Crippen LogP contribution is -2.32. The fourth-order valence-electron chi connectivity index (χ4n) is 2.11. The van der Waals surface area contributed by atoms with E-state index in [0.717, 1.165) is 11.3 Å². The summed E-state index contributed by atoms with van der Waals surface area (Å²) in [4.78, 5) is 12.0. The SMILES string of the molecule is COCCOc1cccc(NC(=S)NC(=O)/C=C/c2ccc(OC)cc2)c1. The van der Waals surface area contributed by atoms with Gasteiger partial charge in [-0.15, -0.1) is 0 Å². The van der Waals surface area contributed by atoms with E-state index in [1.54, 1.807) is 26.4 Å². The summed E-state index contributed by atoms with van der Waals surface area (Å²) < 4.78 is 15.6. The van der Waals surface area contributed by atoms with Gasteiger partial charge < -0.3 is 19.5 Å². The second-order valence-corrected chi connectivity index (χ2v) is 5.83. The van der Waals surface area contributed by atoms with E-state index in [-0.39, 0.29) is 11.0 Å². The van der Waals surface area contributed by atoms with Crippen molar-refractivity contribution >= 4 is 35.0 Å². The van der Waals surface area contributed by atoms with Crippen LogP contribution in [0.3, 0.4) is 0 Å². The number of hydrogen-bond donors (Lipinski definition) is 2. The second kappa shape index (κ2) is 10.9. The molecule has 0 saturated carbocycles. The standard InChI is InChI=1S/C20H22N2O4S/c1-24-12-13-26-18-5-3-4-16(14-18)21-20(27)22-19(23)11-8-15-6-9-17(25-2)10-7-15/h3-11,14H,12-13H2,1-2H3,(H2,21,22,23,27)/b11-8+. The number of rotatable bonds is 8. The van der Waals surface area contributed by atoms with Gasteiger partial charge in [-0.25, -0.2) is 0 Å². The number of thiocarbonyl (C=S) groups is 1. The third-order valence-corrected chi connectivity index (χ3v) is 3.63. The van der Waals surface area contributed by atoms with Gasteiger partial charge in [-0.05, 0) is 48.1 Å².